The predicted octanol–water partition coefficient (Wildman–Crippen LogP) is 21.2. The SMILES string of the molecule is CCCCCCCC/C=C\C/C=C\C/C=C\CCCC(=O)OCC(COC(=O)CCCCCCCCCCCCCCCCCCCCC)OC(=O)CCCCCCC/C=C\C=C/CCCCCCCCC. The number of carbonyl (C=O) groups is 3. The molecule has 0 saturated heterocycles. The van der Waals surface area contributed by atoms with E-state index in [0.717, 1.165) is 77.0 Å². The van der Waals surface area contributed by atoms with Crippen molar-refractivity contribution in [3.8, 4) is 0 Å². The summed E-state index contributed by atoms with van der Waals surface area (Å²) < 4.78 is 16.9. The number of hydrogen-bond acceptors (Lipinski definition) is 6. The molecular formula is C66H118O6. The minimum atomic E-state index is -0.802. The highest BCUT2D eigenvalue weighted by Crippen LogP contribution is 2.17. The van der Waals surface area contributed by atoms with Crippen LogP contribution in [0.15, 0.2) is 60.8 Å². The van der Waals surface area contributed by atoms with Gasteiger partial charge < -0.3 is 14.2 Å². The van der Waals surface area contributed by atoms with Gasteiger partial charge in [-0.2, -0.15) is 0 Å². The van der Waals surface area contributed by atoms with E-state index in [0.29, 0.717) is 19.3 Å². The molecule has 418 valence electrons. The lowest BCUT2D eigenvalue weighted by atomic mass is 10.0. The number of ether oxygens (including phenoxy) is 3. The highest BCUT2D eigenvalue weighted by atomic mass is 16.6. The summed E-state index contributed by atoms with van der Waals surface area (Å²) in [5, 5.41) is 0. The summed E-state index contributed by atoms with van der Waals surface area (Å²) in [4.78, 5) is 38.2. The van der Waals surface area contributed by atoms with Gasteiger partial charge in [0.2, 0.25) is 0 Å². The van der Waals surface area contributed by atoms with E-state index in [2.05, 4.69) is 81.5 Å². The van der Waals surface area contributed by atoms with Crippen LogP contribution in [0.2, 0.25) is 0 Å². The van der Waals surface area contributed by atoms with Crippen LogP contribution >= 0.6 is 0 Å². The molecule has 0 spiro atoms. The standard InChI is InChI=1S/C66H118O6/c1-4-7-10-13-16-19-22-25-28-31-33-36-38-41-44-47-50-53-56-59-65(68)71-62-63(61-70-64(67)58-55-52-49-46-43-40-37-34-30-27-24-21-18-15-12-9-6-3)72-66(69)60-57-54-51-48-45-42-39-35-32-29-26-23-20-17-14-11-8-5-2/h27,29-30,32,35,37,39-40,46,49,63H,4-26,28,31,33-34,36,38,41-45,47-48,50-62H2,1-3H3/b30-27-,32-29-,39-35-,40-37-,49-46-. The fraction of sp³-hybridized carbons (Fsp3) is 0.803. The fourth-order valence-corrected chi connectivity index (χ4v) is 9.04. The Morgan fingerprint density at radius 1 is 0.292 bits per heavy atom. The molecule has 6 nitrogen and oxygen atoms in total. The first-order valence-electron chi connectivity index (χ1n) is 31.3. The Bertz CT molecular complexity index is 1290. The summed E-state index contributed by atoms with van der Waals surface area (Å²) in [6.07, 6.45) is 76.5. The highest BCUT2D eigenvalue weighted by molar-refractivity contribution is 5.71. The van der Waals surface area contributed by atoms with Crippen LogP contribution in [0.3, 0.4) is 0 Å². The fourth-order valence-electron chi connectivity index (χ4n) is 9.04. The van der Waals surface area contributed by atoms with Crippen molar-refractivity contribution >= 4 is 17.9 Å². The van der Waals surface area contributed by atoms with Crippen LogP contribution in [0, 0.1) is 0 Å². The number of carbonyl (C=O) groups excluding carboxylic acids is 3. The third kappa shape index (κ3) is 58.0. The van der Waals surface area contributed by atoms with Gasteiger partial charge in [-0.3, -0.25) is 14.4 Å². The summed E-state index contributed by atoms with van der Waals surface area (Å²) in [7, 11) is 0. The molecule has 0 bridgehead atoms. The van der Waals surface area contributed by atoms with Crippen molar-refractivity contribution in [3.63, 3.8) is 0 Å². The van der Waals surface area contributed by atoms with Gasteiger partial charge in [-0.25, -0.2) is 0 Å². The van der Waals surface area contributed by atoms with Crippen molar-refractivity contribution < 1.29 is 28.6 Å². The maximum Gasteiger partial charge on any atom is 0.306 e. The molecule has 1 unspecified atom stereocenters. The maximum atomic E-state index is 12.9. The Balaban J connectivity index is 4.44. The number of unbranched alkanes of at least 4 members (excludes halogenated alkanes) is 37. The zero-order valence-electron chi connectivity index (χ0n) is 47.9. The minimum absolute atomic E-state index is 0.0933. The first kappa shape index (κ1) is 69.1. The Kier molecular flexibility index (Phi) is 58.2. The van der Waals surface area contributed by atoms with Crippen molar-refractivity contribution in [3.05, 3.63) is 60.8 Å². The molecule has 0 aliphatic carbocycles. The second-order valence-electron chi connectivity index (χ2n) is 21.0. The third-order valence-electron chi connectivity index (χ3n) is 13.8. The molecule has 0 fully saturated rings. The third-order valence-corrected chi connectivity index (χ3v) is 13.8. The van der Waals surface area contributed by atoms with Gasteiger partial charge in [0, 0.05) is 19.3 Å². The quantitative estimate of drug-likeness (QED) is 0.0199. The molecule has 6 heteroatoms. The Hall–Kier alpha value is -2.89. The summed E-state index contributed by atoms with van der Waals surface area (Å²) in [5.74, 6) is -0.947. The first-order valence-corrected chi connectivity index (χ1v) is 31.3. The van der Waals surface area contributed by atoms with E-state index in [9.17, 15) is 14.4 Å². The van der Waals surface area contributed by atoms with Crippen LogP contribution in [0.4, 0.5) is 0 Å². The van der Waals surface area contributed by atoms with Crippen molar-refractivity contribution in [1.82, 2.24) is 0 Å². The van der Waals surface area contributed by atoms with Crippen LogP contribution in [0.1, 0.15) is 323 Å². The van der Waals surface area contributed by atoms with Crippen LogP contribution in [-0.4, -0.2) is 37.2 Å². The summed E-state index contributed by atoms with van der Waals surface area (Å²) in [5.41, 5.74) is 0. The topological polar surface area (TPSA) is 78.9 Å². The molecule has 0 aromatic heterocycles. The van der Waals surface area contributed by atoms with E-state index >= 15 is 0 Å². The average Bonchev–Trinajstić information content (AvgIpc) is 3.38. The lowest BCUT2D eigenvalue weighted by Gasteiger charge is -2.18. The molecule has 0 N–H and O–H groups in total. The zero-order chi connectivity index (χ0) is 52.2. The molecule has 0 radical (unpaired) electrons. The van der Waals surface area contributed by atoms with Crippen molar-refractivity contribution in [1.29, 1.82) is 0 Å². The molecule has 0 aromatic rings. The first-order chi connectivity index (χ1) is 35.5. The number of allylic oxidation sites excluding steroid dienone is 10. The van der Waals surface area contributed by atoms with Gasteiger partial charge in [0.1, 0.15) is 13.2 Å². The molecule has 0 heterocycles. The second-order valence-corrected chi connectivity index (χ2v) is 21.0. The Labute approximate surface area is 447 Å². The smallest absolute Gasteiger partial charge is 0.306 e. The predicted molar refractivity (Wildman–Crippen MR) is 312 cm³/mol. The number of rotatable bonds is 57. The van der Waals surface area contributed by atoms with E-state index < -0.39 is 6.10 Å². The molecule has 0 aliphatic heterocycles. The van der Waals surface area contributed by atoms with Gasteiger partial charge in [-0.05, 0) is 77.0 Å². The lowest BCUT2D eigenvalue weighted by Crippen LogP contribution is -2.30. The normalized spacial score (nSPS) is 12.4. The monoisotopic (exact) mass is 1010 g/mol. The number of esters is 3. The average molecular weight is 1010 g/mol. The zero-order valence-corrected chi connectivity index (χ0v) is 47.9. The second kappa shape index (κ2) is 60.7. The molecular weight excluding hydrogens is 889 g/mol. The van der Waals surface area contributed by atoms with Crippen LogP contribution in [0.25, 0.3) is 0 Å². The van der Waals surface area contributed by atoms with Crippen LogP contribution < -0.4 is 0 Å². The van der Waals surface area contributed by atoms with E-state index in [-0.39, 0.29) is 37.5 Å². The summed E-state index contributed by atoms with van der Waals surface area (Å²) in [6.45, 7) is 6.62. The highest BCUT2D eigenvalue weighted by Gasteiger charge is 2.19. The van der Waals surface area contributed by atoms with E-state index in [1.54, 1.807) is 0 Å². The molecule has 0 rings (SSSR count). The summed E-state index contributed by atoms with van der Waals surface area (Å²) >= 11 is 0. The lowest BCUT2D eigenvalue weighted by molar-refractivity contribution is -0.167. The molecule has 72 heavy (non-hydrogen) atoms. The van der Waals surface area contributed by atoms with Crippen molar-refractivity contribution in [2.45, 2.75) is 329 Å². The van der Waals surface area contributed by atoms with Gasteiger partial charge in [-0.1, -0.05) is 287 Å². The largest absolute Gasteiger partial charge is 0.462 e. The van der Waals surface area contributed by atoms with Crippen molar-refractivity contribution in [2.75, 3.05) is 13.2 Å². The van der Waals surface area contributed by atoms with Crippen LogP contribution in [0.5, 0.6) is 0 Å². The number of hydrogen-bond donors (Lipinski definition) is 0. The Morgan fingerprint density at radius 2 is 0.556 bits per heavy atom. The van der Waals surface area contributed by atoms with Gasteiger partial charge in [0.25, 0.3) is 0 Å². The summed E-state index contributed by atoms with van der Waals surface area (Å²) in [6, 6.07) is 0. The maximum absolute atomic E-state index is 12.9. The molecule has 1 atom stereocenters. The van der Waals surface area contributed by atoms with Crippen molar-refractivity contribution in [2.24, 2.45) is 0 Å². The molecule has 0 aliphatic rings. The molecule has 0 saturated carbocycles. The molecule has 0 amide bonds. The molecule has 0 aromatic carbocycles. The van der Waals surface area contributed by atoms with Crippen LogP contribution in [-0.2, 0) is 28.6 Å². The Morgan fingerprint density at radius 3 is 0.917 bits per heavy atom. The van der Waals surface area contributed by atoms with Gasteiger partial charge in [0.05, 0.1) is 0 Å². The van der Waals surface area contributed by atoms with E-state index in [1.807, 2.05) is 0 Å². The van der Waals surface area contributed by atoms with Gasteiger partial charge in [-0.15, -0.1) is 0 Å². The van der Waals surface area contributed by atoms with Gasteiger partial charge >= 0.3 is 17.9 Å². The minimum Gasteiger partial charge on any atom is -0.462 e. The van der Waals surface area contributed by atoms with Gasteiger partial charge in [0.15, 0.2) is 6.10 Å². The van der Waals surface area contributed by atoms with E-state index in [1.165, 1.54) is 199 Å². The van der Waals surface area contributed by atoms with E-state index in [4.69, 9.17) is 14.2 Å².